The third-order valence-corrected chi connectivity index (χ3v) is 5.02. The standard InChI is InChI=1S/C18H29N3O2S/c1-18(2,3)23-17(22)20-13-8-10-21(11-9-13)16-7-6-14(24(4)5)12-15(16)19/h6-7,12-13H,4,8-11,19H2,1-3,5H3,(H,20,22). The van der Waals surface area contributed by atoms with Gasteiger partial charge in [-0.25, -0.2) is 4.79 Å². The van der Waals surface area contributed by atoms with Crippen LogP contribution in [0.5, 0.6) is 0 Å². The predicted octanol–water partition coefficient (Wildman–Crippen LogP) is 3.45. The van der Waals surface area contributed by atoms with Gasteiger partial charge in [0, 0.05) is 24.0 Å². The molecule has 0 bridgehead atoms. The fourth-order valence-corrected chi connectivity index (χ4v) is 3.40. The van der Waals surface area contributed by atoms with Crippen molar-refractivity contribution in [3.63, 3.8) is 0 Å². The molecule has 1 aromatic rings. The lowest BCUT2D eigenvalue weighted by molar-refractivity contribution is 0.0497. The maximum atomic E-state index is 11.9. The van der Waals surface area contributed by atoms with Crippen LogP contribution in [0, 0.1) is 0 Å². The fraction of sp³-hybridized carbons (Fsp3) is 0.556. The zero-order valence-electron chi connectivity index (χ0n) is 15.1. The van der Waals surface area contributed by atoms with Gasteiger partial charge < -0.3 is 20.7 Å². The topological polar surface area (TPSA) is 67.6 Å². The van der Waals surface area contributed by atoms with E-state index in [1.165, 1.54) is 4.90 Å². The average Bonchev–Trinajstić information content (AvgIpc) is 2.46. The van der Waals surface area contributed by atoms with E-state index in [2.05, 4.69) is 34.5 Å². The molecule has 0 aliphatic carbocycles. The third kappa shape index (κ3) is 5.16. The van der Waals surface area contributed by atoms with Crippen LogP contribution in [-0.4, -0.2) is 43.0 Å². The number of alkyl carbamates (subject to hydrolysis) is 1. The first kappa shape index (κ1) is 18.6. The summed E-state index contributed by atoms with van der Waals surface area (Å²) >= 11 is 0. The molecule has 1 amide bonds. The molecule has 1 heterocycles. The van der Waals surface area contributed by atoms with Crippen molar-refractivity contribution in [2.75, 3.05) is 30.0 Å². The average molecular weight is 352 g/mol. The number of hydrogen-bond acceptors (Lipinski definition) is 4. The highest BCUT2D eigenvalue weighted by molar-refractivity contribution is 8.13. The number of hydrogen-bond donors (Lipinski definition) is 2. The van der Waals surface area contributed by atoms with Crippen molar-refractivity contribution in [2.24, 2.45) is 0 Å². The molecule has 134 valence electrons. The summed E-state index contributed by atoms with van der Waals surface area (Å²) in [7, 11) is -0.0334. The molecule has 3 N–H and O–H groups in total. The Balaban J connectivity index is 1.91. The van der Waals surface area contributed by atoms with Gasteiger partial charge in [0.1, 0.15) is 5.60 Å². The molecule has 0 saturated carbocycles. The molecule has 1 fully saturated rings. The van der Waals surface area contributed by atoms with Gasteiger partial charge in [-0.15, -0.1) is 0 Å². The van der Waals surface area contributed by atoms with E-state index in [0.29, 0.717) is 0 Å². The maximum absolute atomic E-state index is 11.9. The number of carbonyl (C=O) groups excluding carboxylic acids is 1. The molecule has 0 radical (unpaired) electrons. The second-order valence-corrected chi connectivity index (χ2v) is 9.01. The van der Waals surface area contributed by atoms with Gasteiger partial charge in [0.05, 0.1) is 11.4 Å². The van der Waals surface area contributed by atoms with Crippen molar-refractivity contribution >= 4 is 33.8 Å². The Morgan fingerprint density at radius 2 is 2.00 bits per heavy atom. The van der Waals surface area contributed by atoms with Crippen LogP contribution in [0.25, 0.3) is 0 Å². The van der Waals surface area contributed by atoms with Gasteiger partial charge in [-0.05, 0) is 58.1 Å². The van der Waals surface area contributed by atoms with E-state index in [0.717, 1.165) is 37.3 Å². The Labute approximate surface area is 147 Å². The maximum Gasteiger partial charge on any atom is 0.407 e. The van der Waals surface area contributed by atoms with Crippen molar-refractivity contribution in [2.45, 2.75) is 50.2 Å². The number of nitrogen functional groups attached to an aromatic ring is 1. The Morgan fingerprint density at radius 1 is 1.38 bits per heavy atom. The summed E-state index contributed by atoms with van der Waals surface area (Å²) < 4.78 is 5.32. The minimum Gasteiger partial charge on any atom is -0.444 e. The lowest BCUT2D eigenvalue weighted by Gasteiger charge is -2.35. The molecule has 1 aromatic carbocycles. The second-order valence-electron chi connectivity index (χ2n) is 7.27. The Morgan fingerprint density at radius 3 is 2.50 bits per heavy atom. The molecule has 0 spiro atoms. The molecular formula is C18H29N3O2S. The molecule has 1 aliphatic rings. The van der Waals surface area contributed by atoms with Crippen LogP contribution < -0.4 is 16.0 Å². The zero-order chi connectivity index (χ0) is 17.9. The number of amides is 1. The molecule has 1 atom stereocenters. The molecule has 1 unspecified atom stereocenters. The smallest absolute Gasteiger partial charge is 0.407 e. The molecular weight excluding hydrogens is 322 g/mol. The van der Waals surface area contributed by atoms with Crippen LogP contribution in [0.3, 0.4) is 0 Å². The number of anilines is 2. The van der Waals surface area contributed by atoms with Crippen molar-refractivity contribution in [1.82, 2.24) is 5.32 Å². The van der Waals surface area contributed by atoms with E-state index in [9.17, 15) is 4.79 Å². The van der Waals surface area contributed by atoms with E-state index in [4.69, 9.17) is 10.5 Å². The van der Waals surface area contributed by atoms with Gasteiger partial charge in [0.25, 0.3) is 0 Å². The highest BCUT2D eigenvalue weighted by Crippen LogP contribution is 2.31. The molecule has 5 nitrogen and oxygen atoms in total. The largest absolute Gasteiger partial charge is 0.444 e. The molecule has 1 aliphatic heterocycles. The molecule has 6 heteroatoms. The lowest BCUT2D eigenvalue weighted by Crippen LogP contribution is -2.46. The first-order valence-electron chi connectivity index (χ1n) is 8.25. The predicted molar refractivity (Wildman–Crippen MR) is 104 cm³/mol. The number of nitrogens with zero attached hydrogens (tertiary/aromatic N) is 1. The van der Waals surface area contributed by atoms with Crippen LogP contribution >= 0.6 is 10.5 Å². The Bertz CT molecular complexity index is 617. The molecule has 2 rings (SSSR count). The van der Waals surface area contributed by atoms with E-state index < -0.39 is 5.60 Å². The third-order valence-electron chi connectivity index (χ3n) is 3.96. The van der Waals surface area contributed by atoms with Crippen LogP contribution in [0.1, 0.15) is 33.6 Å². The monoisotopic (exact) mass is 351 g/mol. The summed E-state index contributed by atoms with van der Waals surface area (Å²) in [6, 6.07) is 6.36. The van der Waals surface area contributed by atoms with Gasteiger partial charge in [0.15, 0.2) is 0 Å². The van der Waals surface area contributed by atoms with E-state index in [-0.39, 0.29) is 22.6 Å². The number of nitrogens with one attached hydrogen (secondary N) is 1. The number of nitrogens with two attached hydrogens (primary N) is 1. The number of piperidine rings is 1. The Hall–Kier alpha value is -1.69. The van der Waals surface area contributed by atoms with Crippen LogP contribution in [0.4, 0.5) is 16.2 Å². The van der Waals surface area contributed by atoms with Gasteiger partial charge in [-0.1, -0.05) is 5.87 Å². The zero-order valence-corrected chi connectivity index (χ0v) is 15.9. The van der Waals surface area contributed by atoms with E-state index in [1.807, 2.05) is 26.8 Å². The van der Waals surface area contributed by atoms with Gasteiger partial charge in [-0.3, -0.25) is 0 Å². The van der Waals surface area contributed by atoms with Gasteiger partial charge in [-0.2, -0.15) is 10.5 Å². The summed E-state index contributed by atoms with van der Waals surface area (Å²) in [5.74, 6) is 4.06. The van der Waals surface area contributed by atoms with Crippen molar-refractivity contribution < 1.29 is 9.53 Å². The second kappa shape index (κ2) is 7.47. The van der Waals surface area contributed by atoms with E-state index >= 15 is 0 Å². The summed E-state index contributed by atoms with van der Waals surface area (Å²) in [5.41, 5.74) is 7.62. The van der Waals surface area contributed by atoms with Gasteiger partial charge >= 0.3 is 6.09 Å². The van der Waals surface area contributed by atoms with Crippen LogP contribution in [-0.2, 0) is 4.74 Å². The number of ether oxygens (including phenoxy) is 1. The lowest BCUT2D eigenvalue weighted by atomic mass is 10.0. The normalized spacial score (nSPS) is 17.4. The fourth-order valence-electron chi connectivity index (χ4n) is 2.78. The van der Waals surface area contributed by atoms with E-state index in [1.54, 1.807) is 0 Å². The van der Waals surface area contributed by atoms with Crippen molar-refractivity contribution in [3.05, 3.63) is 18.2 Å². The summed E-state index contributed by atoms with van der Waals surface area (Å²) in [6.45, 7) is 7.34. The molecule has 24 heavy (non-hydrogen) atoms. The highest BCUT2D eigenvalue weighted by Gasteiger charge is 2.24. The Kier molecular flexibility index (Phi) is 5.80. The van der Waals surface area contributed by atoms with Crippen LogP contribution in [0.2, 0.25) is 0 Å². The molecule has 0 aromatic heterocycles. The first-order valence-corrected chi connectivity index (χ1v) is 10.1. The van der Waals surface area contributed by atoms with Crippen molar-refractivity contribution in [3.8, 4) is 0 Å². The van der Waals surface area contributed by atoms with Crippen LogP contribution in [0.15, 0.2) is 23.1 Å². The minimum atomic E-state index is -0.465. The number of rotatable bonds is 3. The summed E-state index contributed by atoms with van der Waals surface area (Å²) in [4.78, 5) is 15.3. The number of benzene rings is 1. The summed E-state index contributed by atoms with van der Waals surface area (Å²) in [6.07, 6.45) is 3.51. The summed E-state index contributed by atoms with van der Waals surface area (Å²) in [5, 5.41) is 2.96. The molecule has 1 saturated heterocycles. The van der Waals surface area contributed by atoms with Gasteiger partial charge in [0.2, 0.25) is 0 Å². The number of carbonyl (C=O) groups is 1. The quantitative estimate of drug-likeness (QED) is 0.646. The minimum absolute atomic E-state index is 0.0334. The van der Waals surface area contributed by atoms with Crippen molar-refractivity contribution in [1.29, 1.82) is 0 Å². The SMILES string of the molecule is C=S(C)c1ccc(N2CCC(NC(=O)OC(C)(C)C)CC2)c(N)c1. The highest BCUT2D eigenvalue weighted by atomic mass is 32.2. The first-order chi connectivity index (χ1) is 11.2.